The van der Waals surface area contributed by atoms with Gasteiger partial charge in [0.05, 0.1) is 13.2 Å². The second-order valence-electron chi connectivity index (χ2n) is 5.47. The van der Waals surface area contributed by atoms with Crippen molar-refractivity contribution in [1.29, 1.82) is 0 Å². The molecule has 1 N–H and O–H groups in total. The Morgan fingerprint density at radius 1 is 1.18 bits per heavy atom. The zero-order valence-corrected chi connectivity index (χ0v) is 13.3. The van der Waals surface area contributed by atoms with Crippen LogP contribution in [0.4, 0.5) is 10.5 Å². The first-order valence-electron chi connectivity index (χ1n) is 8.17. The minimum atomic E-state index is -0.400. The second-order valence-corrected chi connectivity index (χ2v) is 5.47. The van der Waals surface area contributed by atoms with Gasteiger partial charge in [-0.05, 0) is 63.5 Å². The van der Waals surface area contributed by atoms with Crippen LogP contribution in [0.25, 0.3) is 0 Å². The summed E-state index contributed by atoms with van der Waals surface area (Å²) in [6, 6.07) is 7.27. The highest BCUT2D eigenvalue weighted by molar-refractivity contribution is 5.84. The monoisotopic (exact) mass is 306 g/mol. The Kier molecular flexibility index (Phi) is 7.03. The number of nitrogens with zero attached hydrogens (tertiary/aromatic N) is 1. The highest BCUT2D eigenvalue weighted by Gasteiger charge is 2.09. The highest BCUT2D eigenvalue weighted by Crippen LogP contribution is 2.15. The quantitative estimate of drug-likeness (QED) is 0.783. The van der Waals surface area contributed by atoms with Crippen LogP contribution in [0.15, 0.2) is 24.3 Å². The van der Waals surface area contributed by atoms with Gasteiger partial charge in [-0.15, -0.1) is 0 Å². The van der Waals surface area contributed by atoms with E-state index in [2.05, 4.69) is 10.2 Å². The van der Waals surface area contributed by atoms with Gasteiger partial charge < -0.3 is 14.4 Å². The van der Waals surface area contributed by atoms with Crippen molar-refractivity contribution < 1.29 is 14.3 Å². The predicted molar refractivity (Wildman–Crippen MR) is 87.5 cm³/mol. The molecule has 22 heavy (non-hydrogen) atoms. The van der Waals surface area contributed by atoms with E-state index in [1.165, 1.54) is 32.4 Å². The summed E-state index contributed by atoms with van der Waals surface area (Å²) in [5.74, 6) is 0.794. The van der Waals surface area contributed by atoms with Crippen LogP contribution in [0, 0.1) is 0 Å². The van der Waals surface area contributed by atoms with Crippen molar-refractivity contribution in [2.75, 3.05) is 38.2 Å². The normalized spacial score (nSPS) is 15.3. The van der Waals surface area contributed by atoms with E-state index < -0.39 is 6.09 Å². The van der Waals surface area contributed by atoms with Crippen LogP contribution in [0.2, 0.25) is 0 Å². The highest BCUT2D eigenvalue weighted by atomic mass is 16.5. The van der Waals surface area contributed by atoms with Crippen LogP contribution in [0.1, 0.15) is 32.6 Å². The van der Waals surface area contributed by atoms with Crippen molar-refractivity contribution in [3.8, 4) is 5.75 Å². The molecule has 1 amide bonds. The molecule has 1 aromatic rings. The summed E-state index contributed by atoms with van der Waals surface area (Å²) in [4.78, 5) is 14.1. The van der Waals surface area contributed by atoms with Gasteiger partial charge in [0, 0.05) is 12.2 Å². The lowest BCUT2D eigenvalue weighted by atomic mass is 10.1. The maximum Gasteiger partial charge on any atom is 0.411 e. The molecule has 0 atom stereocenters. The predicted octanol–water partition coefficient (Wildman–Crippen LogP) is 3.51. The number of hydrogen-bond acceptors (Lipinski definition) is 4. The number of carbonyl (C=O) groups excluding carboxylic acids is 1. The van der Waals surface area contributed by atoms with E-state index in [-0.39, 0.29) is 0 Å². The lowest BCUT2D eigenvalue weighted by molar-refractivity contribution is 0.148. The third-order valence-corrected chi connectivity index (χ3v) is 3.71. The van der Waals surface area contributed by atoms with Crippen LogP contribution in [-0.2, 0) is 4.74 Å². The van der Waals surface area contributed by atoms with Crippen molar-refractivity contribution in [2.24, 2.45) is 0 Å². The summed E-state index contributed by atoms with van der Waals surface area (Å²) in [5, 5.41) is 2.72. The molecule has 1 aliphatic heterocycles. The number of rotatable bonds is 7. The fourth-order valence-electron chi connectivity index (χ4n) is 2.59. The Labute approximate surface area is 132 Å². The third-order valence-electron chi connectivity index (χ3n) is 3.71. The first kappa shape index (κ1) is 16.6. The smallest absolute Gasteiger partial charge is 0.411 e. The second kappa shape index (κ2) is 9.30. The van der Waals surface area contributed by atoms with Crippen LogP contribution in [-0.4, -0.2) is 43.8 Å². The van der Waals surface area contributed by atoms with Crippen molar-refractivity contribution in [3.63, 3.8) is 0 Å². The number of ether oxygens (including phenoxy) is 2. The molecule has 122 valence electrons. The molecule has 0 bridgehead atoms. The molecule has 1 aliphatic rings. The van der Waals surface area contributed by atoms with Gasteiger partial charge in [-0.3, -0.25) is 5.32 Å². The van der Waals surface area contributed by atoms with Gasteiger partial charge in [0.2, 0.25) is 0 Å². The summed E-state index contributed by atoms with van der Waals surface area (Å²) in [6.07, 6.45) is 4.41. The van der Waals surface area contributed by atoms with E-state index in [4.69, 9.17) is 9.47 Å². The lowest BCUT2D eigenvalue weighted by Gasteiger charge is -2.26. The SMILES string of the molecule is CCOc1ccc(NC(=O)OCCCN2CCCCC2)cc1. The topological polar surface area (TPSA) is 50.8 Å². The van der Waals surface area contributed by atoms with Crippen molar-refractivity contribution >= 4 is 11.8 Å². The number of likely N-dealkylation sites (tertiary alicyclic amines) is 1. The molecule has 0 saturated carbocycles. The number of piperidine rings is 1. The minimum Gasteiger partial charge on any atom is -0.494 e. The first-order chi connectivity index (χ1) is 10.8. The Balaban J connectivity index is 1.60. The molecule has 1 saturated heterocycles. The number of nitrogens with one attached hydrogen (secondary N) is 1. The number of benzene rings is 1. The van der Waals surface area contributed by atoms with E-state index >= 15 is 0 Å². The van der Waals surface area contributed by atoms with Gasteiger partial charge in [0.1, 0.15) is 5.75 Å². The number of anilines is 1. The summed E-state index contributed by atoms with van der Waals surface area (Å²) in [5.41, 5.74) is 0.712. The lowest BCUT2D eigenvalue weighted by Crippen LogP contribution is -2.31. The zero-order chi connectivity index (χ0) is 15.6. The average molecular weight is 306 g/mol. The number of hydrogen-bond donors (Lipinski definition) is 1. The molecule has 2 rings (SSSR count). The van der Waals surface area contributed by atoms with E-state index in [1.54, 1.807) is 12.1 Å². The Morgan fingerprint density at radius 2 is 1.91 bits per heavy atom. The molecule has 5 nitrogen and oxygen atoms in total. The molecule has 1 fully saturated rings. The minimum absolute atomic E-state index is 0.400. The van der Waals surface area contributed by atoms with Crippen LogP contribution in [0.3, 0.4) is 0 Å². The molecule has 0 aromatic heterocycles. The molecular weight excluding hydrogens is 280 g/mol. The number of amides is 1. The van der Waals surface area contributed by atoms with Crippen LogP contribution >= 0.6 is 0 Å². The van der Waals surface area contributed by atoms with Crippen LogP contribution in [0.5, 0.6) is 5.75 Å². The van der Waals surface area contributed by atoms with E-state index in [1.807, 2.05) is 19.1 Å². The summed E-state index contributed by atoms with van der Waals surface area (Å²) >= 11 is 0. The van der Waals surface area contributed by atoms with Gasteiger partial charge in [-0.1, -0.05) is 6.42 Å². The van der Waals surface area contributed by atoms with Gasteiger partial charge in [0.25, 0.3) is 0 Å². The zero-order valence-electron chi connectivity index (χ0n) is 13.3. The maximum absolute atomic E-state index is 11.7. The fraction of sp³-hybridized carbons (Fsp3) is 0.588. The fourth-order valence-corrected chi connectivity index (χ4v) is 2.59. The van der Waals surface area contributed by atoms with Gasteiger partial charge >= 0.3 is 6.09 Å². The molecule has 1 aromatic carbocycles. The molecule has 1 heterocycles. The summed E-state index contributed by atoms with van der Waals surface area (Å²) in [6.45, 7) is 6.39. The van der Waals surface area contributed by atoms with Crippen molar-refractivity contribution in [3.05, 3.63) is 24.3 Å². The third kappa shape index (κ3) is 5.93. The Bertz CT molecular complexity index is 442. The van der Waals surface area contributed by atoms with Gasteiger partial charge in [-0.2, -0.15) is 0 Å². The molecule has 0 spiro atoms. The molecule has 5 heteroatoms. The van der Waals surface area contributed by atoms with E-state index in [0.717, 1.165) is 18.7 Å². The maximum atomic E-state index is 11.7. The summed E-state index contributed by atoms with van der Waals surface area (Å²) < 4.78 is 10.6. The molecule has 0 radical (unpaired) electrons. The van der Waals surface area contributed by atoms with Crippen molar-refractivity contribution in [1.82, 2.24) is 4.90 Å². The molecule has 0 aliphatic carbocycles. The van der Waals surface area contributed by atoms with Crippen LogP contribution < -0.4 is 10.1 Å². The van der Waals surface area contributed by atoms with E-state index in [0.29, 0.717) is 18.9 Å². The van der Waals surface area contributed by atoms with Gasteiger partial charge in [0.15, 0.2) is 0 Å². The standard InChI is InChI=1S/C17H26N2O3/c1-2-21-16-9-7-15(8-10-16)18-17(20)22-14-6-13-19-11-4-3-5-12-19/h7-10H,2-6,11-14H2,1H3,(H,18,20). The Morgan fingerprint density at radius 3 is 2.59 bits per heavy atom. The largest absolute Gasteiger partial charge is 0.494 e. The van der Waals surface area contributed by atoms with Crippen molar-refractivity contribution in [2.45, 2.75) is 32.6 Å². The molecular formula is C17H26N2O3. The first-order valence-corrected chi connectivity index (χ1v) is 8.17. The van der Waals surface area contributed by atoms with E-state index in [9.17, 15) is 4.79 Å². The van der Waals surface area contributed by atoms with Gasteiger partial charge in [-0.25, -0.2) is 4.79 Å². The average Bonchev–Trinajstić information content (AvgIpc) is 2.55. The number of carbonyl (C=O) groups is 1. The molecule has 0 unspecified atom stereocenters. The summed E-state index contributed by atoms with van der Waals surface area (Å²) in [7, 11) is 0. The Hall–Kier alpha value is -1.75.